The fraction of sp³-hybridized carbons (Fsp3) is 0.462. The van der Waals surface area contributed by atoms with Gasteiger partial charge in [-0.3, -0.25) is 4.79 Å². The van der Waals surface area contributed by atoms with Gasteiger partial charge in [0, 0.05) is 6.54 Å². The molecule has 0 saturated heterocycles. The molecule has 2 heteroatoms. The first-order valence-electron chi connectivity index (χ1n) is 5.64. The van der Waals surface area contributed by atoms with E-state index in [0.29, 0.717) is 0 Å². The molecule has 0 bridgehead atoms. The van der Waals surface area contributed by atoms with Gasteiger partial charge in [-0.25, -0.2) is 0 Å². The number of hydrogen-bond donors (Lipinski definition) is 1. The minimum atomic E-state index is -0.00120. The number of carbonyl (C=O) groups is 1. The van der Waals surface area contributed by atoms with Crippen LogP contribution >= 0.6 is 0 Å². The van der Waals surface area contributed by atoms with Crippen molar-refractivity contribution in [1.29, 1.82) is 0 Å². The van der Waals surface area contributed by atoms with Gasteiger partial charge in [-0.15, -0.1) is 0 Å². The number of hydrogen-bond acceptors (Lipinski definition) is 1. The summed E-state index contributed by atoms with van der Waals surface area (Å²) >= 11 is 0. The van der Waals surface area contributed by atoms with E-state index in [-0.39, 0.29) is 11.8 Å². The highest BCUT2D eigenvalue weighted by Crippen LogP contribution is 2.22. The monoisotopic (exact) mass is 205 g/mol. The molecule has 1 aromatic rings. The lowest BCUT2D eigenvalue weighted by molar-refractivity contribution is -0.121. The van der Waals surface area contributed by atoms with Crippen molar-refractivity contribution in [1.82, 2.24) is 5.32 Å². The maximum atomic E-state index is 11.5. The highest BCUT2D eigenvalue weighted by Gasteiger charge is 2.20. The van der Waals surface area contributed by atoms with Crippen LogP contribution < -0.4 is 5.32 Å². The molecule has 1 amide bonds. The van der Waals surface area contributed by atoms with E-state index in [1.807, 2.05) is 39.0 Å². The molecular formula is C13H19NO. The van der Waals surface area contributed by atoms with Crippen molar-refractivity contribution in [2.75, 3.05) is 6.54 Å². The quantitative estimate of drug-likeness (QED) is 0.692. The first-order valence-corrected chi connectivity index (χ1v) is 5.64. The molecule has 1 aromatic carbocycles. The zero-order chi connectivity index (χ0) is 11.3. The van der Waals surface area contributed by atoms with Gasteiger partial charge >= 0.3 is 0 Å². The van der Waals surface area contributed by atoms with E-state index in [2.05, 4.69) is 11.4 Å². The zero-order valence-electron chi connectivity index (χ0n) is 9.71. The average molecular weight is 205 g/mol. The Morgan fingerprint density at radius 2 is 1.93 bits per heavy atom. The molecule has 1 atom stereocenters. The van der Waals surface area contributed by atoms with Crippen LogP contribution in [0, 0.1) is 0 Å². The molecule has 0 aromatic heterocycles. The predicted octanol–water partition coefficient (Wildman–Crippen LogP) is 2.49. The number of carbonyl (C=O) groups excluding carboxylic acids is 1. The summed E-state index contributed by atoms with van der Waals surface area (Å²) in [6.07, 6.45) is 0.951. The van der Waals surface area contributed by atoms with Gasteiger partial charge in [0.25, 0.3) is 0 Å². The molecule has 0 saturated carbocycles. The van der Waals surface area contributed by atoms with Crippen LogP contribution in [-0.4, -0.2) is 12.5 Å². The SMILES string of the molecule is CC.CC1C(=O)NCCc2ccccc21. The molecule has 15 heavy (non-hydrogen) atoms. The summed E-state index contributed by atoms with van der Waals surface area (Å²) in [6, 6.07) is 8.17. The first kappa shape index (κ1) is 11.8. The highest BCUT2D eigenvalue weighted by atomic mass is 16.1. The fourth-order valence-electron chi connectivity index (χ4n) is 1.80. The van der Waals surface area contributed by atoms with E-state index in [0.717, 1.165) is 13.0 Å². The molecule has 1 heterocycles. The number of fused-ring (bicyclic) bond motifs is 1. The molecule has 1 N–H and O–H groups in total. The maximum absolute atomic E-state index is 11.5. The predicted molar refractivity (Wildman–Crippen MR) is 62.9 cm³/mol. The van der Waals surface area contributed by atoms with Gasteiger partial charge < -0.3 is 5.32 Å². The second kappa shape index (κ2) is 5.54. The molecule has 0 radical (unpaired) electrons. The lowest BCUT2D eigenvalue weighted by atomic mass is 9.95. The van der Waals surface area contributed by atoms with Crippen LogP contribution in [0.2, 0.25) is 0 Å². The van der Waals surface area contributed by atoms with Crippen molar-refractivity contribution in [2.24, 2.45) is 0 Å². The Labute approximate surface area is 91.7 Å². The molecule has 1 aliphatic rings. The summed E-state index contributed by atoms with van der Waals surface area (Å²) in [5.74, 6) is 0.142. The lowest BCUT2D eigenvalue weighted by Gasteiger charge is -2.09. The van der Waals surface area contributed by atoms with E-state index in [4.69, 9.17) is 0 Å². The third-order valence-electron chi connectivity index (χ3n) is 2.61. The van der Waals surface area contributed by atoms with E-state index >= 15 is 0 Å². The van der Waals surface area contributed by atoms with E-state index in [1.165, 1.54) is 11.1 Å². The second-order valence-electron chi connectivity index (χ2n) is 3.46. The Bertz CT molecular complexity index is 333. The second-order valence-corrected chi connectivity index (χ2v) is 3.46. The summed E-state index contributed by atoms with van der Waals surface area (Å²) in [5, 5.41) is 2.90. The van der Waals surface area contributed by atoms with Crippen molar-refractivity contribution in [3.05, 3.63) is 35.4 Å². The van der Waals surface area contributed by atoms with E-state index in [1.54, 1.807) is 0 Å². The summed E-state index contributed by atoms with van der Waals surface area (Å²) in [7, 11) is 0. The molecule has 0 fully saturated rings. The molecule has 0 spiro atoms. The third kappa shape index (κ3) is 2.58. The molecule has 1 aliphatic heterocycles. The van der Waals surface area contributed by atoms with Crippen LogP contribution in [0.3, 0.4) is 0 Å². The van der Waals surface area contributed by atoms with Gasteiger partial charge in [-0.1, -0.05) is 38.1 Å². The smallest absolute Gasteiger partial charge is 0.227 e. The normalized spacial score (nSPS) is 19.1. The number of benzene rings is 1. The molecule has 2 rings (SSSR count). The van der Waals surface area contributed by atoms with Gasteiger partial charge in [0.05, 0.1) is 5.92 Å². The van der Waals surface area contributed by atoms with Gasteiger partial charge in [0.1, 0.15) is 0 Å². The molecule has 82 valence electrons. The Hall–Kier alpha value is -1.31. The van der Waals surface area contributed by atoms with E-state index in [9.17, 15) is 4.79 Å². The highest BCUT2D eigenvalue weighted by molar-refractivity contribution is 5.84. The van der Waals surface area contributed by atoms with Crippen molar-refractivity contribution < 1.29 is 4.79 Å². The van der Waals surface area contributed by atoms with Crippen LogP contribution in [0.15, 0.2) is 24.3 Å². The number of rotatable bonds is 0. The fourth-order valence-corrected chi connectivity index (χ4v) is 1.80. The Morgan fingerprint density at radius 1 is 1.27 bits per heavy atom. The van der Waals surface area contributed by atoms with E-state index < -0.39 is 0 Å². The van der Waals surface area contributed by atoms with Crippen LogP contribution in [-0.2, 0) is 11.2 Å². The van der Waals surface area contributed by atoms with Gasteiger partial charge in [0.2, 0.25) is 5.91 Å². The van der Waals surface area contributed by atoms with Gasteiger partial charge in [-0.05, 0) is 24.5 Å². The average Bonchev–Trinajstić information content (AvgIpc) is 2.44. The topological polar surface area (TPSA) is 29.1 Å². The molecule has 1 unspecified atom stereocenters. The molecule has 0 aliphatic carbocycles. The van der Waals surface area contributed by atoms with Crippen molar-refractivity contribution in [3.8, 4) is 0 Å². The standard InChI is InChI=1S/C11H13NO.C2H6/c1-8-10-5-3-2-4-9(10)6-7-12-11(8)13;1-2/h2-5,8H,6-7H2,1H3,(H,12,13);1-2H3. The lowest BCUT2D eigenvalue weighted by Crippen LogP contribution is -2.26. The largest absolute Gasteiger partial charge is 0.355 e. The summed E-state index contributed by atoms with van der Waals surface area (Å²) in [6.45, 7) is 6.72. The molecular weight excluding hydrogens is 186 g/mol. The van der Waals surface area contributed by atoms with Gasteiger partial charge in [-0.2, -0.15) is 0 Å². The Morgan fingerprint density at radius 3 is 2.67 bits per heavy atom. The number of nitrogens with one attached hydrogen (secondary N) is 1. The summed E-state index contributed by atoms with van der Waals surface area (Å²) in [4.78, 5) is 11.5. The maximum Gasteiger partial charge on any atom is 0.227 e. The summed E-state index contributed by atoms with van der Waals surface area (Å²) < 4.78 is 0. The first-order chi connectivity index (χ1) is 7.29. The van der Waals surface area contributed by atoms with Crippen molar-refractivity contribution in [2.45, 2.75) is 33.1 Å². The van der Waals surface area contributed by atoms with Crippen LogP contribution in [0.1, 0.15) is 37.8 Å². The zero-order valence-corrected chi connectivity index (χ0v) is 9.71. The van der Waals surface area contributed by atoms with Crippen molar-refractivity contribution >= 4 is 5.91 Å². The minimum Gasteiger partial charge on any atom is -0.355 e. The number of amides is 1. The van der Waals surface area contributed by atoms with Crippen LogP contribution in [0.4, 0.5) is 0 Å². The Kier molecular flexibility index (Phi) is 4.35. The van der Waals surface area contributed by atoms with Crippen LogP contribution in [0.5, 0.6) is 0 Å². The summed E-state index contributed by atoms with van der Waals surface area (Å²) in [5.41, 5.74) is 2.48. The van der Waals surface area contributed by atoms with Gasteiger partial charge in [0.15, 0.2) is 0 Å². The van der Waals surface area contributed by atoms with Crippen molar-refractivity contribution in [3.63, 3.8) is 0 Å². The Balaban J connectivity index is 0.000000531. The minimum absolute atomic E-state index is 0.00120. The molecule has 2 nitrogen and oxygen atoms in total. The van der Waals surface area contributed by atoms with Crippen LogP contribution in [0.25, 0.3) is 0 Å². The third-order valence-corrected chi connectivity index (χ3v) is 2.61.